The number of aromatic nitrogens is 5. The van der Waals surface area contributed by atoms with Crippen LogP contribution >= 0.6 is 0 Å². The molecule has 5 rings (SSSR count). The second-order valence-corrected chi connectivity index (χ2v) is 7.81. The summed E-state index contributed by atoms with van der Waals surface area (Å²) in [6.45, 7) is 4.68. The summed E-state index contributed by atoms with van der Waals surface area (Å²) in [5.74, 6) is 1.77. The van der Waals surface area contributed by atoms with Gasteiger partial charge in [-0.1, -0.05) is 29.8 Å². The number of imidazole rings is 1. The summed E-state index contributed by atoms with van der Waals surface area (Å²) < 4.78 is 3.95. The second-order valence-electron chi connectivity index (χ2n) is 7.81. The quantitative estimate of drug-likeness (QED) is 0.442. The molecule has 6 heteroatoms. The molecular weight excluding hydrogens is 384 g/mol. The molecule has 1 N–H and O–H groups in total. The number of hydrogen-bond donors (Lipinski definition) is 1. The van der Waals surface area contributed by atoms with Gasteiger partial charge in [-0.25, -0.2) is 9.97 Å². The van der Waals surface area contributed by atoms with Crippen molar-refractivity contribution in [3.8, 4) is 17.1 Å². The van der Waals surface area contributed by atoms with Crippen LogP contribution in [0.15, 0.2) is 73.1 Å². The molecule has 0 atom stereocenters. The third-order valence-corrected chi connectivity index (χ3v) is 5.44. The number of hydrogen-bond acceptors (Lipinski definition) is 4. The Kier molecular flexibility index (Phi) is 4.75. The van der Waals surface area contributed by atoms with Gasteiger partial charge in [0.15, 0.2) is 0 Å². The standard InChI is InChI=1S/C25H24N6/c1-17-7-10-21(11-8-17)26-15-25-29-22(16-31(25)24-6-4-5-18(2)28-24)19-9-12-23-20(13-19)14-27-30(23)3/h4-14,16,26H,15H2,1-3H3. The lowest BCUT2D eigenvalue weighted by atomic mass is 10.1. The summed E-state index contributed by atoms with van der Waals surface area (Å²) in [5, 5.41) is 8.94. The van der Waals surface area contributed by atoms with Gasteiger partial charge in [-0.3, -0.25) is 9.25 Å². The Morgan fingerprint density at radius 2 is 1.77 bits per heavy atom. The Bertz CT molecular complexity index is 1360. The number of nitrogens with one attached hydrogen (secondary N) is 1. The smallest absolute Gasteiger partial charge is 0.138 e. The van der Waals surface area contributed by atoms with Crippen molar-refractivity contribution in [2.24, 2.45) is 7.05 Å². The summed E-state index contributed by atoms with van der Waals surface area (Å²) in [6.07, 6.45) is 3.95. The molecule has 3 aromatic heterocycles. The second kappa shape index (κ2) is 7.72. The average Bonchev–Trinajstić information content (AvgIpc) is 3.37. The number of fused-ring (bicyclic) bond motifs is 1. The van der Waals surface area contributed by atoms with Crippen LogP contribution in [0.4, 0.5) is 5.69 Å². The number of benzene rings is 2. The summed E-state index contributed by atoms with van der Waals surface area (Å²) in [6, 6.07) is 20.7. The highest BCUT2D eigenvalue weighted by atomic mass is 15.2. The molecule has 0 aliphatic heterocycles. The fraction of sp³-hybridized carbons (Fsp3) is 0.160. The molecule has 0 aliphatic carbocycles. The Balaban J connectivity index is 1.54. The van der Waals surface area contributed by atoms with Crippen LogP contribution in [0.25, 0.3) is 28.0 Å². The van der Waals surface area contributed by atoms with E-state index in [9.17, 15) is 0 Å². The lowest BCUT2D eigenvalue weighted by Gasteiger charge is -2.09. The minimum Gasteiger partial charge on any atom is -0.378 e. The van der Waals surface area contributed by atoms with Gasteiger partial charge in [-0.15, -0.1) is 0 Å². The molecule has 5 aromatic rings. The predicted molar refractivity (Wildman–Crippen MR) is 124 cm³/mol. The number of aryl methyl sites for hydroxylation is 3. The van der Waals surface area contributed by atoms with Gasteiger partial charge < -0.3 is 5.32 Å². The van der Waals surface area contributed by atoms with Crippen molar-refractivity contribution in [1.29, 1.82) is 0 Å². The Hall–Kier alpha value is -3.93. The third-order valence-electron chi connectivity index (χ3n) is 5.44. The molecule has 0 fully saturated rings. The Labute approximate surface area is 181 Å². The van der Waals surface area contributed by atoms with Gasteiger partial charge in [0.2, 0.25) is 0 Å². The molecule has 31 heavy (non-hydrogen) atoms. The first-order chi connectivity index (χ1) is 15.1. The zero-order valence-electron chi connectivity index (χ0n) is 17.9. The molecule has 0 bridgehead atoms. The molecule has 0 amide bonds. The zero-order chi connectivity index (χ0) is 21.4. The number of anilines is 1. The summed E-state index contributed by atoms with van der Waals surface area (Å²) in [4.78, 5) is 9.68. The van der Waals surface area contributed by atoms with Crippen molar-refractivity contribution in [3.63, 3.8) is 0 Å². The Morgan fingerprint density at radius 1 is 0.935 bits per heavy atom. The number of nitrogens with zero attached hydrogens (tertiary/aromatic N) is 5. The minimum absolute atomic E-state index is 0.591. The molecule has 0 aliphatic rings. The van der Waals surface area contributed by atoms with E-state index in [-0.39, 0.29) is 0 Å². The lowest BCUT2D eigenvalue weighted by Crippen LogP contribution is -2.08. The maximum Gasteiger partial charge on any atom is 0.138 e. The maximum atomic E-state index is 4.97. The van der Waals surface area contributed by atoms with E-state index in [2.05, 4.69) is 70.6 Å². The topological polar surface area (TPSA) is 60.6 Å². The van der Waals surface area contributed by atoms with E-state index in [0.717, 1.165) is 45.2 Å². The lowest BCUT2D eigenvalue weighted by molar-refractivity contribution is 0.797. The van der Waals surface area contributed by atoms with Gasteiger partial charge >= 0.3 is 0 Å². The van der Waals surface area contributed by atoms with Crippen LogP contribution in [0.3, 0.4) is 0 Å². The molecule has 6 nitrogen and oxygen atoms in total. The highest BCUT2D eigenvalue weighted by Crippen LogP contribution is 2.25. The molecule has 0 radical (unpaired) electrons. The van der Waals surface area contributed by atoms with Crippen LogP contribution in [0, 0.1) is 13.8 Å². The molecule has 154 valence electrons. The van der Waals surface area contributed by atoms with Crippen LogP contribution in [0.1, 0.15) is 17.1 Å². The highest BCUT2D eigenvalue weighted by Gasteiger charge is 2.13. The van der Waals surface area contributed by atoms with Crippen molar-refractivity contribution in [3.05, 3.63) is 90.1 Å². The normalized spacial score (nSPS) is 11.2. The largest absolute Gasteiger partial charge is 0.378 e. The van der Waals surface area contributed by atoms with Gasteiger partial charge in [-0.05, 0) is 50.2 Å². The first kappa shape index (κ1) is 19.1. The molecule has 0 spiro atoms. The highest BCUT2D eigenvalue weighted by molar-refractivity contribution is 5.83. The molecule has 3 heterocycles. The van der Waals surface area contributed by atoms with E-state index in [1.165, 1.54) is 5.56 Å². The van der Waals surface area contributed by atoms with Gasteiger partial charge in [-0.2, -0.15) is 5.10 Å². The van der Waals surface area contributed by atoms with E-state index in [1.54, 1.807) is 0 Å². The first-order valence-electron chi connectivity index (χ1n) is 10.3. The zero-order valence-corrected chi connectivity index (χ0v) is 17.9. The maximum absolute atomic E-state index is 4.97. The first-order valence-corrected chi connectivity index (χ1v) is 10.3. The summed E-state index contributed by atoms with van der Waals surface area (Å²) in [5.41, 5.74) is 6.35. The minimum atomic E-state index is 0.591. The molecule has 0 saturated carbocycles. The fourth-order valence-corrected chi connectivity index (χ4v) is 3.72. The van der Waals surface area contributed by atoms with E-state index in [1.807, 2.05) is 43.0 Å². The van der Waals surface area contributed by atoms with Crippen LogP contribution in [-0.4, -0.2) is 24.3 Å². The summed E-state index contributed by atoms with van der Waals surface area (Å²) >= 11 is 0. The molecule has 0 saturated heterocycles. The molecule has 0 unspecified atom stereocenters. The van der Waals surface area contributed by atoms with Crippen molar-refractivity contribution in [2.45, 2.75) is 20.4 Å². The summed E-state index contributed by atoms with van der Waals surface area (Å²) in [7, 11) is 1.95. The van der Waals surface area contributed by atoms with E-state index in [0.29, 0.717) is 6.54 Å². The average molecular weight is 409 g/mol. The van der Waals surface area contributed by atoms with Crippen LogP contribution in [-0.2, 0) is 13.6 Å². The SMILES string of the molecule is Cc1ccc(NCc2nc(-c3ccc4c(cnn4C)c3)cn2-c2cccc(C)n2)cc1. The number of rotatable bonds is 5. The van der Waals surface area contributed by atoms with Gasteiger partial charge in [0.05, 0.1) is 24.0 Å². The van der Waals surface area contributed by atoms with E-state index >= 15 is 0 Å². The molecular formula is C25H24N6. The van der Waals surface area contributed by atoms with Gasteiger partial charge in [0, 0.05) is 35.6 Å². The van der Waals surface area contributed by atoms with Crippen LogP contribution in [0.2, 0.25) is 0 Å². The van der Waals surface area contributed by atoms with Crippen molar-refractivity contribution in [1.82, 2.24) is 24.3 Å². The van der Waals surface area contributed by atoms with Crippen molar-refractivity contribution >= 4 is 16.6 Å². The van der Waals surface area contributed by atoms with Crippen LogP contribution in [0.5, 0.6) is 0 Å². The van der Waals surface area contributed by atoms with Gasteiger partial charge in [0.1, 0.15) is 11.6 Å². The van der Waals surface area contributed by atoms with E-state index in [4.69, 9.17) is 9.97 Å². The third kappa shape index (κ3) is 3.80. The van der Waals surface area contributed by atoms with E-state index < -0.39 is 0 Å². The van der Waals surface area contributed by atoms with Crippen molar-refractivity contribution < 1.29 is 0 Å². The number of pyridine rings is 1. The van der Waals surface area contributed by atoms with Crippen LogP contribution < -0.4 is 5.32 Å². The van der Waals surface area contributed by atoms with Crippen molar-refractivity contribution in [2.75, 3.05) is 5.32 Å². The Morgan fingerprint density at radius 3 is 2.58 bits per heavy atom. The monoisotopic (exact) mass is 408 g/mol. The van der Waals surface area contributed by atoms with Gasteiger partial charge in [0.25, 0.3) is 0 Å². The fourth-order valence-electron chi connectivity index (χ4n) is 3.72. The molecule has 2 aromatic carbocycles. The predicted octanol–water partition coefficient (Wildman–Crippen LogP) is 5.05.